The lowest BCUT2D eigenvalue weighted by atomic mass is 10.0. The van der Waals surface area contributed by atoms with E-state index >= 15 is 0 Å². The standard InChI is InChI=1S/C14H11F4N/c1-19-7-8-2-3-10(11(15)4-8)9-5-12(16)14(18)13(17)6-9/h2-6,19H,7H2,1H3. The van der Waals surface area contributed by atoms with E-state index in [1.54, 1.807) is 13.1 Å². The van der Waals surface area contributed by atoms with Gasteiger partial charge in [-0.1, -0.05) is 12.1 Å². The van der Waals surface area contributed by atoms with Gasteiger partial charge in [0.2, 0.25) is 0 Å². The summed E-state index contributed by atoms with van der Waals surface area (Å²) in [4.78, 5) is 0. The number of halogens is 4. The van der Waals surface area contributed by atoms with Crippen LogP contribution in [0.3, 0.4) is 0 Å². The van der Waals surface area contributed by atoms with Crippen molar-refractivity contribution in [3.63, 3.8) is 0 Å². The minimum atomic E-state index is -1.56. The SMILES string of the molecule is CNCc1ccc(-c2cc(F)c(F)c(F)c2)c(F)c1. The highest BCUT2D eigenvalue weighted by Crippen LogP contribution is 2.26. The van der Waals surface area contributed by atoms with Crippen LogP contribution in [-0.2, 0) is 6.54 Å². The number of rotatable bonds is 3. The number of hydrogen-bond acceptors (Lipinski definition) is 1. The molecule has 2 aromatic rings. The third-order valence-electron chi connectivity index (χ3n) is 2.71. The average molecular weight is 269 g/mol. The first kappa shape index (κ1) is 13.5. The fourth-order valence-corrected chi connectivity index (χ4v) is 1.82. The van der Waals surface area contributed by atoms with E-state index in [-0.39, 0.29) is 11.1 Å². The monoisotopic (exact) mass is 269 g/mol. The van der Waals surface area contributed by atoms with Gasteiger partial charge in [0.05, 0.1) is 0 Å². The molecule has 0 radical (unpaired) electrons. The van der Waals surface area contributed by atoms with Crippen molar-refractivity contribution in [1.82, 2.24) is 5.32 Å². The van der Waals surface area contributed by atoms with Gasteiger partial charge in [-0.15, -0.1) is 0 Å². The zero-order valence-electron chi connectivity index (χ0n) is 10.1. The van der Waals surface area contributed by atoms with Crippen LogP contribution in [0.2, 0.25) is 0 Å². The fourth-order valence-electron chi connectivity index (χ4n) is 1.82. The first-order valence-electron chi connectivity index (χ1n) is 5.61. The van der Waals surface area contributed by atoms with Gasteiger partial charge in [-0.25, -0.2) is 17.6 Å². The molecule has 0 saturated carbocycles. The maximum Gasteiger partial charge on any atom is 0.194 e. The molecule has 0 bridgehead atoms. The van der Waals surface area contributed by atoms with Crippen LogP contribution in [0.15, 0.2) is 30.3 Å². The third kappa shape index (κ3) is 2.76. The summed E-state index contributed by atoms with van der Waals surface area (Å²) in [6.45, 7) is 0.476. The second-order valence-electron chi connectivity index (χ2n) is 4.10. The minimum absolute atomic E-state index is 0.0256. The highest BCUT2D eigenvalue weighted by Gasteiger charge is 2.14. The summed E-state index contributed by atoms with van der Waals surface area (Å²) in [5, 5.41) is 2.86. The van der Waals surface area contributed by atoms with Crippen LogP contribution in [0.5, 0.6) is 0 Å². The maximum atomic E-state index is 13.9. The van der Waals surface area contributed by atoms with E-state index in [0.717, 1.165) is 12.1 Å². The Bertz CT molecular complexity index is 587. The van der Waals surface area contributed by atoms with Crippen LogP contribution in [0.1, 0.15) is 5.56 Å². The lowest BCUT2D eigenvalue weighted by molar-refractivity contribution is 0.447. The molecule has 1 N–H and O–H groups in total. The molecule has 0 aliphatic heterocycles. The van der Waals surface area contributed by atoms with Crippen LogP contribution in [0.25, 0.3) is 11.1 Å². The third-order valence-corrected chi connectivity index (χ3v) is 2.71. The van der Waals surface area contributed by atoms with Crippen LogP contribution in [0.4, 0.5) is 17.6 Å². The summed E-state index contributed by atoms with van der Waals surface area (Å²) in [5.74, 6) is -4.85. The molecule has 0 atom stereocenters. The van der Waals surface area contributed by atoms with Crippen molar-refractivity contribution < 1.29 is 17.6 Å². The topological polar surface area (TPSA) is 12.0 Å². The van der Waals surface area contributed by atoms with Gasteiger partial charge >= 0.3 is 0 Å². The summed E-state index contributed by atoms with van der Waals surface area (Å²) in [5.41, 5.74) is 0.689. The quantitative estimate of drug-likeness (QED) is 0.662. The van der Waals surface area contributed by atoms with Crippen LogP contribution in [0, 0.1) is 23.3 Å². The lowest BCUT2D eigenvalue weighted by Crippen LogP contribution is -2.05. The Morgan fingerprint density at radius 2 is 1.53 bits per heavy atom. The van der Waals surface area contributed by atoms with Gasteiger partial charge in [-0.05, 0) is 36.4 Å². The highest BCUT2D eigenvalue weighted by atomic mass is 19.2. The van der Waals surface area contributed by atoms with Crippen molar-refractivity contribution in [3.05, 3.63) is 59.2 Å². The number of hydrogen-bond donors (Lipinski definition) is 1. The minimum Gasteiger partial charge on any atom is -0.316 e. The number of benzene rings is 2. The largest absolute Gasteiger partial charge is 0.316 e. The summed E-state index contributed by atoms with van der Waals surface area (Å²) >= 11 is 0. The second-order valence-corrected chi connectivity index (χ2v) is 4.10. The Morgan fingerprint density at radius 3 is 2.05 bits per heavy atom. The fraction of sp³-hybridized carbons (Fsp3) is 0.143. The molecule has 2 aromatic carbocycles. The van der Waals surface area contributed by atoms with E-state index in [1.165, 1.54) is 12.1 Å². The van der Waals surface area contributed by atoms with Gasteiger partial charge in [0.1, 0.15) is 5.82 Å². The molecule has 0 aromatic heterocycles. The molecule has 0 spiro atoms. The lowest BCUT2D eigenvalue weighted by Gasteiger charge is -2.07. The molecule has 0 aliphatic rings. The zero-order valence-corrected chi connectivity index (χ0v) is 10.1. The van der Waals surface area contributed by atoms with Gasteiger partial charge < -0.3 is 5.32 Å². The summed E-state index contributed by atoms with van der Waals surface area (Å²) in [7, 11) is 1.72. The van der Waals surface area contributed by atoms with Gasteiger partial charge in [0, 0.05) is 12.1 Å². The normalized spacial score (nSPS) is 10.8. The highest BCUT2D eigenvalue weighted by molar-refractivity contribution is 5.64. The van der Waals surface area contributed by atoms with E-state index in [0.29, 0.717) is 12.1 Å². The Morgan fingerprint density at radius 1 is 0.895 bits per heavy atom. The van der Waals surface area contributed by atoms with E-state index < -0.39 is 23.3 Å². The van der Waals surface area contributed by atoms with Gasteiger partial charge in [0.25, 0.3) is 0 Å². The van der Waals surface area contributed by atoms with Crippen molar-refractivity contribution in [2.24, 2.45) is 0 Å². The van der Waals surface area contributed by atoms with E-state index in [4.69, 9.17) is 0 Å². The van der Waals surface area contributed by atoms with Crippen LogP contribution in [-0.4, -0.2) is 7.05 Å². The van der Waals surface area contributed by atoms with Crippen molar-refractivity contribution in [2.45, 2.75) is 6.54 Å². The first-order valence-corrected chi connectivity index (χ1v) is 5.61. The summed E-state index contributed by atoms with van der Waals surface area (Å²) < 4.78 is 52.9. The summed E-state index contributed by atoms with van der Waals surface area (Å²) in [6.07, 6.45) is 0. The Kier molecular flexibility index (Phi) is 3.85. The molecule has 2 rings (SSSR count). The van der Waals surface area contributed by atoms with E-state index in [2.05, 4.69) is 5.32 Å². The Hall–Kier alpha value is -1.88. The second kappa shape index (κ2) is 5.40. The zero-order chi connectivity index (χ0) is 14.0. The van der Waals surface area contributed by atoms with Crippen molar-refractivity contribution in [1.29, 1.82) is 0 Å². The molecule has 0 saturated heterocycles. The maximum absolute atomic E-state index is 13.9. The molecule has 0 fully saturated rings. The van der Waals surface area contributed by atoms with Crippen molar-refractivity contribution in [2.75, 3.05) is 7.05 Å². The van der Waals surface area contributed by atoms with Crippen molar-refractivity contribution in [3.8, 4) is 11.1 Å². The molecule has 100 valence electrons. The van der Waals surface area contributed by atoms with Crippen LogP contribution < -0.4 is 5.32 Å². The smallest absolute Gasteiger partial charge is 0.194 e. The van der Waals surface area contributed by atoms with Gasteiger partial charge in [-0.3, -0.25) is 0 Å². The predicted molar refractivity (Wildman–Crippen MR) is 64.5 cm³/mol. The van der Waals surface area contributed by atoms with Crippen LogP contribution >= 0.6 is 0 Å². The van der Waals surface area contributed by atoms with E-state index in [9.17, 15) is 17.6 Å². The van der Waals surface area contributed by atoms with E-state index in [1.807, 2.05) is 0 Å². The van der Waals surface area contributed by atoms with Gasteiger partial charge in [-0.2, -0.15) is 0 Å². The number of nitrogens with one attached hydrogen (secondary N) is 1. The molecule has 0 aliphatic carbocycles. The molecule has 0 amide bonds. The Balaban J connectivity index is 2.47. The molecule has 0 unspecified atom stereocenters. The average Bonchev–Trinajstić information content (AvgIpc) is 2.36. The molecule has 5 heteroatoms. The van der Waals surface area contributed by atoms with Crippen molar-refractivity contribution >= 4 is 0 Å². The molecular weight excluding hydrogens is 258 g/mol. The molecule has 19 heavy (non-hydrogen) atoms. The Labute approximate surface area is 107 Å². The molecule has 0 heterocycles. The summed E-state index contributed by atoms with van der Waals surface area (Å²) in [6, 6.07) is 5.86. The molecular formula is C14H11F4N. The molecule has 1 nitrogen and oxygen atoms in total. The van der Waals surface area contributed by atoms with Gasteiger partial charge in [0.15, 0.2) is 17.5 Å². The predicted octanol–water partition coefficient (Wildman–Crippen LogP) is 3.63. The first-order chi connectivity index (χ1) is 9.02.